The van der Waals surface area contributed by atoms with Crippen molar-refractivity contribution in [1.29, 1.82) is 0 Å². The van der Waals surface area contributed by atoms with Crippen molar-refractivity contribution in [3.05, 3.63) is 150 Å². The topological polar surface area (TPSA) is 26.0 Å². The van der Waals surface area contributed by atoms with Crippen LogP contribution in [0.15, 0.2) is 139 Å². The standard InChI is InChI=1S/C38H29N/c1-25-20-30-16-18-33-35(28-10-6-3-7-11-28)23-36(34-19-17-31(21-25)37(30)38(33)34)29-14-12-27(13-15-29)32(24-39)22-26-8-4-2-5-9-26/h2-8,10-24H,9,39H2,1H3/b26-22-,32-24+. The first-order valence-corrected chi connectivity index (χ1v) is 13.5. The van der Waals surface area contributed by atoms with E-state index in [0.717, 1.165) is 17.6 Å². The molecule has 0 amide bonds. The Balaban J connectivity index is 1.44. The maximum Gasteiger partial charge on any atom is 0.00176 e. The van der Waals surface area contributed by atoms with E-state index in [1.54, 1.807) is 6.20 Å². The van der Waals surface area contributed by atoms with Gasteiger partial charge in [-0.2, -0.15) is 0 Å². The summed E-state index contributed by atoms with van der Waals surface area (Å²) in [5.41, 5.74) is 15.7. The fourth-order valence-electron chi connectivity index (χ4n) is 6.07. The van der Waals surface area contributed by atoms with Crippen LogP contribution >= 0.6 is 0 Å². The second-order valence-corrected chi connectivity index (χ2v) is 10.4. The Morgan fingerprint density at radius 3 is 1.97 bits per heavy atom. The second kappa shape index (κ2) is 9.45. The number of hydrogen-bond acceptors (Lipinski definition) is 1. The molecular weight excluding hydrogens is 470 g/mol. The molecule has 0 heterocycles. The van der Waals surface area contributed by atoms with E-state index < -0.39 is 0 Å². The molecule has 1 aliphatic rings. The van der Waals surface area contributed by atoms with E-state index in [-0.39, 0.29) is 0 Å². The van der Waals surface area contributed by atoms with Crippen molar-refractivity contribution in [3.63, 3.8) is 0 Å². The molecule has 1 heteroatoms. The minimum Gasteiger partial charge on any atom is -0.404 e. The highest BCUT2D eigenvalue weighted by Gasteiger charge is 2.17. The number of hydrogen-bond donors (Lipinski definition) is 1. The van der Waals surface area contributed by atoms with Crippen molar-refractivity contribution in [2.75, 3.05) is 0 Å². The Morgan fingerprint density at radius 2 is 1.36 bits per heavy atom. The van der Waals surface area contributed by atoms with Crippen molar-refractivity contribution >= 4 is 37.9 Å². The summed E-state index contributed by atoms with van der Waals surface area (Å²) in [6.45, 7) is 2.18. The zero-order valence-corrected chi connectivity index (χ0v) is 22.0. The molecule has 39 heavy (non-hydrogen) atoms. The Hall–Kier alpha value is -4.88. The summed E-state index contributed by atoms with van der Waals surface area (Å²) < 4.78 is 0. The third kappa shape index (κ3) is 4.04. The van der Waals surface area contributed by atoms with Crippen molar-refractivity contribution in [1.82, 2.24) is 0 Å². The average Bonchev–Trinajstić information content (AvgIpc) is 2.99. The molecule has 0 atom stereocenters. The maximum absolute atomic E-state index is 6.08. The van der Waals surface area contributed by atoms with Crippen LogP contribution in [0.3, 0.4) is 0 Å². The minimum absolute atomic E-state index is 0.927. The Labute approximate surface area is 229 Å². The molecule has 0 aliphatic heterocycles. The number of nitrogens with two attached hydrogens (primary N) is 1. The monoisotopic (exact) mass is 499 g/mol. The fourth-order valence-corrected chi connectivity index (χ4v) is 6.07. The Bertz CT molecular complexity index is 1950. The van der Waals surface area contributed by atoms with E-state index >= 15 is 0 Å². The summed E-state index contributed by atoms with van der Waals surface area (Å²) in [5, 5.41) is 7.87. The number of rotatable bonds is 4. The van der Waals surface area contributed by atoms with Gasteiger partial charge in [-0.25, -0.2) is 0 Å². The van der Waals surface area contributed by atoms with E-state index in [9.17, 15) is 0 Å². The molecule has 0 radical (unpaired) electrons. The van der Waals surface area contributed by atoms with Crippen LogP contribution in [0.1, 0.15) is 17.5 Å². The summed E-state index contributed by atoms with van der Waals surface area (Å²) >= 11 is 0. The summed E-state index contributed by atoms with van der Waals surface area (Å²) in [4.78, 5) is 0. The lowest BCUT2D eigenvalue weighted by atomic mass is 9.85. The molecule has 1 nitrogen and oxygen atoms in total. The predicted octanol–water partition coefficient (Wildman–Crippen LogP) is 9.97. The van der Waals surface area contributed by atoms with Gasteiger partial charge in [0.05, 0.1) is 0 Å². The van der Waals surface area contributed by atoms with Crippen LogP contribution in [0, 0.1) is 6.92 Å². The molecule has 6 aromatic rings. The van der Waals surface area contributed by atoms with Gasteiger partial charge in [-0.3, -0.25) is 0 Å². The largest absolute Gasteiger partial charge is 0.404 e. The second-order valence-electron chi connectivity index (χ2n) is 10.4. The first-order valence-electron chi connectivity index (χ1n) is 13.5. The first kappa shape index (κ1) is 23.3. The zero-order chi connectivity index (χ0) is 26.3. The van der Waals surface area contributed by atoms with Gasteiger partial charge in [-0.05, 0) is 102 Å². The lowest BCUT2D eigenvalue weighted by Crippen LogP contribution is -1.93. The van der Waals surface area contributed by atoms with Gasteiger partial charge in [0.1, 0.15) is 0 Å². The van der Waals surface area contributed by atoms with Crippen LogP contribution < -0.4 is 5.73 Å². The third-order valence-electron chi connectivity index (χ3n) is 7.91. The summed E-state index contributed by atoms with van der Waals surface area (Å²) in [5.74, 6) is 0. The van der Waals surface area contributed by atoms with Gasteiger partial charge in [0.2, 0.25) is 0 Å². The molecule has 0 saturated carbocycles. The van der Waals surface area contributed by atoms with Crippen LogP contribution in [0.2, 0.25) is 0 Å². The molecule has 0 bridgehead atoms. The Morgan fingerprint density at radius 1 is 0.692 bits per heavy atom. The van der Waals surface area contributed by atoms with Gasteiger partial charge in [0.25, 0.3) is 0 Å². The smallest absolute Gasteiger partial charge is 0.00176 e. The van der Waals surface area contributed by atoms with Crippen molar-refractivity contribution in [3.8, 4) is 22.3 Å². The van der Waals surface area contributed by atoms with E-state index in [2.05, 4.69) is 134 Å². The molecule has 1 aliphatic carbocycles. The van der Waals surface area contributed by atoms with E-state index in [4.69, 9.17) is 5.73 Å². The van der Waals surface area contributed by atoms with Crippen molar-refractivity contribution < 1.29 is 0 Å². The van der Waals surface area contributed by atoms with E-state index in [1.165, 1.54) is 65.7 Å². The lowest BCUT2D eigenvalue weighted by molar-refractivity contribution is 1.26. The van der Waals surface area contributed by atoms with Gasteiger partial charge in [0, 0.05) is 6.20 Å². The van der Waals surface area contributed by atoms with Gasteiger partial charge >= 0.3 is 0 Å². The van der Waals surface area contributed by atoms with Gasteiger partial charge in [-0.15, -0.1) is 0 Å². The molecule has 6 aromatic carbocycles. The molecule has 0 unspecified atom stereocenters. The molecule has 0 fully saturated rings. The molecule has 0 spiro atoms. The first-order chi connectivity index (χ1) is 19.2. The van der Waals surface area contributed by atoms with Crippen LogP contribution in [-0.4, -0.2) is 0 Å². The van der Waals surface area contributed by atoms with Crippen LogP contribution in [0.4, 0.5) is 0 Å². The van der Waals surface area contributed by atoms with Crippen LogP contribution in [0.25, 0.3) is 60.1 Å². The zero-order valence-electron chi connectivity index (χ0n) is 22.0. The third-order valence-corrected chi connectivity index (χ3v) is 7.91. The highest BCUT2D eigenvalue weighted by atomic mass is 14.5. The predicted molar refractivity (Wildman–Crippen MR) is 169 cm³/mol. The minimum atomic E-state index is 0.927. The number of allylic oxidation sites excluding steroid dienone is 7. The normalized spacial score (nSPS) is 14.8. The van der Waals surface area contributed by atoms with Crippen molar-refractivity contribution in [2.45, 2.75) is 13.3 Å². The molecule has 0 aromatic heterocycles. The van der Waals surface area contributed by atoms with Crippen LogP contribution in [0.5, 0.6) is 0 Å². The quantitative estimate of drug-likeness (QED) is 0.240. The molecule has 7 rings (SSSR count). The van der Waals surface area contributed by atoms with Gasteiger partial charge in [0.15, 0.2) is 0 Å². The number of benzene rings is 6. The van der Waals surface area contributed by atoms with E-state index in [1.807, 2.05) is 0 Å². The lowest BCUT2D eigenvalue weighted by Gasteiger charge is -2.18. The average molecular weight is 500 g/mol. The number of aryl methyl sites for hydroxylation is 1. The molecular formula is C38H29N. The van der Waals surface area contributed by atoms with Gasteiger partial charge < -0.3 is 5.73 Å². The highest BCUT2D eigenvalue weighted by Crippen LogP contribution is 2.44. The van der Waals surface area contributed by atoms with Gasteiger partial charge in [-0.1, -0.05) is 115 Å². The maximum atomic E-state index is 6.08. The summed E-state index contributed by atoms with van der Waals surface area (Å²) in [6.07, 6.45) is 13.3. The van der Waals surface area contributed by atoms with Crippen molar-refractivity contribution in [2.24, 2.45) is 5.73 Å². The Kier molecular flexibility index (Phi) is 5.64. The van der Waals surface area contributed by atoms with E-state index in [0.29, 0.717) is 0 Å². The molecule has 186 valence electrons. The molecule has 0 saturated heterocycles. The van der Waals surface area contributed by atoms with Crippen LogP contribution in [-0.2, 0) is 0 Å². The summed E-state index contributed by atoms with van der Waals surface area (Å²) in [6, 6.07) is 35.8. The summed E-state index contributed by atoms with van der Waals surface area (Å²) in [7, 11) is 0. The SMILES string of the molecule is Cc1cc2ccc3c(-c4ccccc4)cc(-c4ccc(C(/C=C5/C=CC=CC5)=C/N)cc4)c4ccc(c1)c2c34. The molecule has 2 N–H and O–H groups in total. The fraction of sp³-hybridized carbons (Fsp3) is 0.0526. The highest BCUT2D eigenvalue weighted by molar-refractivity contribution is 6.28.